The molecule has 100 valence electrons. The molecule has 0 spiro atoms. The van der Waals surface area contributed by atoms with Crippen LogP contribution in [0.4, 0.5) is 4.79 Å². The fourth-order valence-electron chi connectivity index (χ4n) is 2.07. The van der Waals surface area contributed by atoms with Crippen molar-refractivity contribution in [2.45, 2.75) is 38.5 Å². The molecule has 0 aromatic carbocycles. The van der Waals surface area contributed by atoms with E-state index in [4.69, 9.17) is 9.47 Å². The van der Waals surface area contributed by atoms with Crippen molar-refractivity contribution in [1.29, 1.82) is 0 Å². The van der Waals surface area contributed by atoms with Crippen LogP contribution in [0.15, 0.2) is 0 Å². The van der Waals surface area contributed by atoms with Crippen LogP contribution in [0.25, 0.3) is 0 Å². The molecular formula is C11H21ClN2O3. The molecule has 0 unspecified atom stereocenters. The highest BCUT2D eigenvalue weighted by atomic mass is 35.5. The molecule has 5 nitrogen and oxygen atoms in total. The molecule has 2 rings (SSSR count). The average molecular weight is 265 g/mol. The molecule has 6 heteroatoms. The van der Waals surface area contributed by atoms with E-state index in [1.54, 1.807) is 4.90 Å². The van der Waals surface area contributed by atoms with Gasteiger partial charge in [-0.2, -0.15) is 0 Å². The van der Waals surface area contributed by atoms with Gasteiger partial charge in [-0.3, -0.25) is 0 Å². The molecular weight excluding hydrogens is 244 g/mol. The van der Waals surface area contributed by atoms with Gasteiger partial charge in [0, 0.05) is 13.1 Å². The van der Waals surface area contributed by atoms with Crippen molar-refractivity contribution in [3.8, 4) is 0 Å². The number of rotatable bonds is 0. The Morgan fingerprint density at radius 1 is 1.41 bits per heavy atom. The first-order valence-electron chi connectivity index (χ1n) is 5.78. The molecule has 0 bridgehead atoms. The Labute approximate surface area is 108 Å². The van der Waals surface area contributed by atoms with Crippen LogP contribution in [0.5, 0.6) is 0 Å². The van der Waals surface area contributed by atoms with Crippen molar-refractivity contribution in [2.75, 3.05) is 26.2 Å². The first-order chi connectivity index (χ1) is 7.46. The summed E-state index contributed by atoms with van der Waals surface area (Å²) in [6.45, 7) is 8.53. The molecule has 2 aliphatic heterocycles. The lowest BCUT2D eigenvalue weighted by molar-refractivity contribution is 0.0104. The van der Waals surface area contributed by atoms with Gasteiger partial charge in [-0.25, -0.2) is 4.79 Å². The molecule has 2 fully saturated rings. The van der Waals surface area contributed by atoms with Gasteiger partial charge in [-0.05, 0) is 20.8 Å². The third-order valence-electron chi connectivity index (χ3n) is 2.76. The first kappa shape index (κ1) is 14.5. The largest absolute Gasteiger partial charge is 0.444 e. The second-order valence-electron chi connectivity index (χ2n) is 5.36. The zero-order chi connectivity index (χ0) is 11.8. The van der Waals surface area contributed by atoms with Crippen LogP contribution in [0.2, 0.25) is 0 Å². The normalized spacial score (nSPS) is 28.3. The number of likely N-dealkylation sites (tertiary alicyclic amines) is 1. The molecule has 0 radical (unpaired) electrons. The minimum atomic E-state index is -0.431. The van der Waals surface area contributed by atoms with Crippen LogP contribution < -0.4 is 5.32 Å². The number of halogens is 1. The summed E-state index contributed by atoms with van der Waals surface area (Å²) in [5.41, 5.74) is -0.431. The van der Waals surface area contributed by atoms with Crippen molar-refractivity contribution in [1.82, 2.24) is 10.2 Å². The molecule has 2 atom stereocenters. The van der Waals surface area contributed by atoms with Crippen LogP contribution in [0, 0.1) is 0 Å². The predicted molar refractivity (Wildman–Crippen MR) is 66.6 cm³/mol. The second-order valence-corrected chi connectivity index (χ2v) is 5.36. The number of hydrogen-bond acceptors (Lipinski definition) is 4. The molecule has 1 N–H and O–H groups in total. The number of nitrogens with zero attached hydrogens (tertiary/aromatic N) is 1. The molecule has 0 aromatic rings. The topological polar surface area (TPSA) is 50.8 Å². The Bertz CT molecular complexity index is 266. The zero-order valence-corrected chi connectivity index (χ0v) is 11.4. The zero-order valence-electron chi connectivity index (χ0n) is 10.6. The number of morpholine rings is 1. The molecule has 17 heavy (non-hydrogen) atoms. The van der Waals surface area contributed by atoms with E-state index in [1.807, 2.05) is 20.8 Å². The Morgan fingerprint density at radius 3 is 2.71 bits per heavy atom. The third-order valence-corrected chi connectivity index (χ3v) is 2.76. The summed E-state index contributed by atoms with van der Waals surface area (Å²) in [7, 11) is 0. The Morgan fingerprint density at radius 2 is 2.12 bits per heavy atom. The lowest BCUT2D eigenvalue weighted by Gasteiger charge is -2.25. The van der Waals surface area contributed by atoms with E-state index in [-0.39, 0.29) is 30.6 Å². The summed E-state index contributed by atoms with van der Waals surface area (Å²) in [6, 6.07) is 0.265. The van der Waals surface area contributed by atoms with E-state index >= 15 is 0 Å². The number of nitrogens with one attached hydrogen (secondary N) is 1. The number of carbonyl (C=O) groups excluding carboxylic acids is 1. The van der Waals surface area contributed by atoms with Crippen LogP contribution in [0.1, 0.15) is 20.8 Å². The fourth-order valence-corrected chi connectivity index (χ4v) is 2.07. The molecule has 0 aromatic heterocycles. The Kier molecular flexibility index (Phi) is 4.63. The molecule has 0 aliphatic carbocycles. The highest BCUT2D eigenvalue weighted by Gasteiger charge is 2.38. The third kappa shape index (κ3) is 3.72. The average Bonchev–Trinajstić information content (AvgIpc) is 2.58. The summed E-state index contributed by atoms with van der Waals surface area (Å²) in [4.78, 5) is 13.5. The highest BCUT2D eigenvalue weighted by molar-refractivity contribution is 5.85. The van der Waals surface area contributed by atoms with E-state index in [9.17, 15) is 4.79 Å². The predicted octanol–water partition coefficient (Wildman–Crippen LogP) is 1.02. The van der Waals surface area contributed by atoms with E-state index < -0.39 is 5.60 Å². The summed E-state index contributed by atoms with van der Waals surface area (Å²) in [5, 5.41) is 3.35. The van der Waals surface area contributed by atoms with E-state index in [2.05, 4.69) is 5.32 Å². The fraction of sp³-hybridized carbons (Fsp3) is 0.909. The molecule has 0 saturated carbocycles. The smallest absolute Gasteiger partial charge is 0.410 e. The van der Waals surface area contributed by atoms with Gasteiger partial charge in [-0.1, -0.05) is 0 Å². The number of hydrogen-bond donors (Lipinski definition) is 1. The summed E-state index contributed by atoms with van der Waals surface area (Å²) < 4.78 is 10.9. The van der Waals surface area contributed by atoms with Crippen LogP contribution >= 0.6 is 12.4 Å². The first-order valence-corrected chi connectivity index (χ1v) is 5.78. The van der Waals surface area contributed by atoms with Crippen molar-refractivity contribution in [3.63, 3.8) is 0 Å². The van der Waals surface area contributed by atoms with Gasteiger partial charge in [0.25, 0.3) is 0 Å². The second kappa shape index (κ2) is 5.42. The van der Waals surface area contributed by atoms with Crippen molar-refractivity contribution in [3.05, 3.63) is 0 Å². The minimum absolute atomic E-state index is 0. The summed E-state index contributed by atoms with van der Waals surface area (Å²) >= 11 is 0. The van der Waals surface area contributed by atoms with Crippen LogP contribution in [-0.4, -0.2) is 55.0 Å². The monoisotopic (exact) mass is 264 g/mol. The van der Waals surface area contributed by atoms with Gasteiger partial charge >= 0.3 is 6.09 Å². The summed E-state index contributed by atoms with van der Waals surface area (Å²) in [5.74, 6) is 0. The lowest BCUT2D eigenvalue weighted by atomic mass is 10.2. The van der Waals surface area contributed by atoms with Gasteiger partial charge in [-0.15, -0.1) is 12.4 Å². The van der Waals surface area contributed by atoms with Gasteiger partial charge in [0.15, 0.2) is 0 Å². The van der Waals surface area contributed by atoms with Crippen molar-refractivity contribution >= 4 is 18.5 Å². The van der Waals surface area contributed by atoms with Crippen LogP contribution in [-0.2, 0) is 9.47 Å². The van der Waals surface area contributed by atoms with Gasteiger partial charge in [0.2, 0.25) is 0 Å². The van der Waals surface area contributed by atoms with E-state index in [0.29, 0.717) is 13.1 Å². The lowest BCUT2D eigenvalue weighted by Crippen LogP contribution is -2.47. The van der Waals surface area contributed by atoms with E-state index in [1.165, 1.54) is 0 Å². The SMILES string of the molecule is CC(C)(C)OC(=O)N1C[C@@H]2OCCN[C@@H]2C1.Cl. The maximum atomic E-state index is 11.8. The van der Waals surface area contributed by atoms with Gasteiger partial charge in [0.1, 0.15) is 5.60 Å². The maximum Gasteiger partial charge on any atom is 0.410 e. The Hall–Kier alpha value is -0.520. The van der Waals surface area contributed by atoms with Crippen LogP contribution in [0.3, 0.4) is 0 Å². The van der Waals surface area contributed by atoms with Crippen molar-refractivity contribution in [2.24, 2.45) is 0 Å². The quantitative estimate of drug-likeness (QED) is 0.710. The van der Waals surface area contributed by atoms with Crippen molar-refractivity contribution < 1.29 is 14.3 Å². The molecule has 1 amide bonds. The maximum absolute atomic E-state index is 11.8. The van der Waals surface area contributed by atoms with Gasteiger partial charge < -0.3 is 19.7 Å². The molecule has 2 aliphatic rings. The Balaban J connectivity index is 0.00000144. The molecule has 2 heterocycles. The highest BCUT2D eigenvalue weighted by Crippen LogP contribution is 2.19. The van der Waals surface area contributed by atoms with Gasteiger partial charge in [0.05, 0.1) is 25.3 Å². The molecule has 2 saturated heterocycles. The number of amides is 1. The van der Waals surface area contributed by atoms with E-state index in [0.717, 1.165) is 13.2 Å². The summed E-state index contributed by atoms with van der Waals surface area (Å²) in [6.07, 6.45) is -0.117. The number of carbonyl (C=O) groups is 1. The number of fused-ring (bicyclic) bond motifs is 1. The number of ether oxygens (including phenoxy) is 2. The standard InChI is InChI=1S/C11H20N2O3.ClH/c1-11(2,3)16-10(14)13-6-8-9(7-13)15-5-4-12-8;/h8-9,12H,4-7H2,1-3H3;1H/t8-,9+;/m1./s1. The minimum Gasteiger partial charge on any atom is -0.444 e.